The predicted molar refractivity (Wildman–Crippen MR) is 75.4 cm³/mol. The molecule has 18 heavy (non-hydrogen) atoms. The quantitative estimate of drug-likeness (QED) is 0.783. The number of nitrogens with zero attached hydrogens (tertiary/aromatic N) is 2. The van der Waals surface area contributed by atoms with Gasteiger partial charge in [-0.05, 0) is 31.5 Å². The minimum absolute atomic E-state index is 0.420. The molecule has 1 fully saturated rings. The lowest BCUT2D eigenvalue weighted by Gasteiger charge is -2.28. The summed E-state index contributed by atoms with van der Waals surface area (Å²) in [5.74, 6) is 1.03. The Morgan fingerprint density at radius 3 is 2.50 bits per heavy atom. The number of imidazole rings is 1. The summed E-state index contributed by atoms with van der Waals surface area (Å²) in [6.45, 7) is 9.58. The normalized spacial score (nSPS) is 15.2. The van der Waals surface area contributed by atoms with Gasteiger partial charge in [0.05, 0.1) is 30.3 Å². The first-order chi connectivity index (χ1) is 8.66. The van der Waals surface area contributed by atoms with Gasteiger partial charge >= 0.3 is 0 Å². The van der Waals surface area contributed by atoms with E-state index in [0.29, 0.717) is 6.04 Å². The second-order valence-electron chi connectivity index (χ2n) is 4.31. The van der Waals surface area contributed by atoms with Crippen LogP contribution in [0.15, 0.2) is 12.1 Å². The summed E-state index contributed by atoms with van der Waals surface area (Å²) in [5, 5.41) is 0.800. The summed E-state index contributed by atoms with van der Waals surface area (Å²) in [5.41, 5.74) is 3.20. The Morgan fingerprint density at radius 1 is 1.28 bits per heavy atom. The number of benzene rings is 1. The first-order valence-corrected chi connectivity index (χ1v) is 6.77. The van der Waals surface area contributed by atoms with Crippen molar-refractivity contribution in [3.05, 3.63) is 28.5 Å². The zero-order valence-electron chi connectivity index (χ0n) is 11.3. The smallest absolute Gasteiger partial charge is 0.107 e. The zero-order valence-corrected chi connectivity index (χ0v) is 12.1. The van der Waals surface area contributed by atoms with Crippen LogP contribution in [-0.2, 0) is 4.74 Å². The third-order valence-electron chi connectivity index (χ3n) is 3.13. The molecule has 0 N–H and O–H groups in total. The largest absolute Gasteiger partial charge is 0.377 e. The number of hydrogen-bond donors (Lipinski definition) is 0. The van der Waals surface area contributed by atoms with E-state index in [2.05, 4.69) is 9.55 Å². The monoisotopic (exact) mass is 266 g/mol. The molecule has 1 aromatic carbocycles. The molecular weight excluding hydrogens is 248 g/mol. The number of aromatic nitrogens is 2. The van der Waals surface area contributed by atoms with Gasteiger partial charge in [0.25, 0.3) is 0 Å². The summed E-state index contributed by atoms with van der Waals surface area (Å²) in [6, 6.07) is 4.47. The Bertz CT molecular complexity index is 558. The van der Waals surface area contributed by atoms with Crippen molar-refractivity contribution in [2.75, 3.05) is 13.2 Å². The van der Waals surface area contributed by atoms with Gasteiger partial charge in [-0.1, -0.05) is 25.4 Å². The fourth-order valence-corrected chi connectivity index (χ4v) is 2.33. The van der Waals surface area contributed by atoms with Crippen molar-refractivity contribution in [3.63, 3.8) is 0 Å². The zero-order chi connectivity index (χ0) is 13.3. The van der Waals surface area contributed by atoms with Gasteiger partial charge in [-0.3, -0.25) is 0 Å². The third-order valence-corrected chi connectivity index (χ3v) is 3.54. The maximum Gasteiger partial charge on any atom is 0.107 e. The Balaban J connectivity index is 0.000000574. The Hall–Kier alpha value is -1.06. The van der Waals surface area contributed by atoms with Crippen LogP contribution in [0.4, 0.5) is 0 Å². The maximum absolute atomic E-state index is 6.16. The molecule has 2 heterocycles. The molecule has 2 aromatic rings. The molecule has 1 aliphatic rings. The number of halogens is 1. The number of hydrogen-bond acceptors (Lipinski definition) is 2. The molecule has 0 atom stereocenters. The van der Waals surface area contributed by atoms with Crippen LogP contribution >= 0.6 is 11.6 Å². The molecule has 1 saturated heterocycles. The first-order valence-electron chi connectivity index (χ1n) is 6.39. The predicted octanol–water partition coefficient (Wildman–Crippen LogP) is 3.90. The molecule has 0 aliphatic carbocycles. The lowest BCUT2D eigenvalue weighted by Crippen LogP contribution is -2.31. The summed E-state index contributed by atoms with van der Waals surface area (Å²) in [6.07, 6.45) is 0. The van der Waals surface area contributed by atoms with Crippen LogP contribution in [0.5, 0.6) is 0 Å². The Kier molecular flexibility index (Phi) is 3.93. The highest BCUT2D eigenvalue weighted by atomic mass is 35.5. The topological polar surface area (TPSA) is 27.1 Å². The fourth-order valence-electron chi connectivity index (χ4n) is 2.17. The van der Waals surface area contributed by atoms with Crippen LogP contribution in [0, 0.1) is 13.8 Å². The van der Waals surface area contributed by atoms with Crippen molar-refractivity contribution in [1.82, 2.24) is 9.55 Å². The molecule has 0 radical (unpaired) electrons. The average Bonchev–Trinajstić information content (AvgIpc) is 2.58. The third kappa shape index (κ3) is 2.13. The highest BCUT2D eigenvalue weighted by Gasteiger charge is 2.24. The molecule has 3 rings (SSSR count). The minimum Gasteiger partial charge on any atom is -0.377 e. The van der Waals surface area contributed by atoms with Crippen LogP contribution in [0.2, 0.25) is 5.02 Å². The van der Waals surface area contributed by atoms with Gasteiger partial charge in [0, 0.05) is 5.02 Å². The fraction of sp³-hybridized carbons (Fsp3) is 0.500. The summed E-state index contributed by atoms with van der Waals surface area (Å²) in [7, 11) is 0. The molecule has 3 nitrogen and oxygen atoms in total. The lowest BCUT2D eigenvalue weighted by molar-refractivity contribution is -0.0224. The second-order valence-corrected chi connectivity index (χ2v) is 4.72. The summed E-state index contributed by atoms with van der Waals surface area (Å²) in [4.78, 5) is 4.57. The van der Waals surface area contributed by atoms with Gasteiger partial charge in [0.2, 0.25) is 0 Å². The van der Waals surface area contributed by atoms with E-state index in [1.165, 1.54) is 0 Å². The number of ether oxygens (including phenoxy) is 1. The van der Waals surface area contributed by atoms with E-state index in [1.54, 1.807) is 0 Å². The van der Waals surface area contributed by atoms with Crippen molar-refractivity contribution in [1.29, 1.82) is 0 Å². The molecular formula is C14H19ClN2O. The average molecular weight is 267 g/mol. The minimum atomic E-state index is 0.420. The summed E-state index contributed by atoms with van der Waals surface area (Å²) >= 11 is 6.16. The Labute approximate surface area is 113 Å². The molecule has 0 saturated carbocycles. The molecule has 1 aliphatic heterocycles. The second kappa shape index (κ2) is 5.29. The molecule has 0 amide bonds. The molecule has 98 valence electrons. The molecule has 0 unspecified atom stereocenters. The van der Waals surface area contributed by atoms with Crippen LogP contribution < -0.4 is 0 Å². The lowest BCUT2D eigenvalue weighted by atomic mass is 10.2. The highest BCUT2D eigenvalue weighted by molar-refractivity contribution is 6.32. The van der Waals surface area contributed by atoms with Gasteiger partial charge in [-0.25, -0.2) is 4.98 Å². The van der Waals surface area contributed by atoms with Gasteiger partial charge in [0.1, 0.15) is 5.82 Å². The van der Waals surface area contributed by atoms with Crippen LogP contribution in [0.1, 0.15) is 31.3 Å². The van der Waals surface area contributed by atoms with Crippen molar-refractivity contribution >= 4 is 22.6 Å². The van der Waals surface area contributed by atoms with Crippen molar-refractivity contribution in [2.24, 2.45) is 0 Å². The van der Waals surface area contributed by atoms with E-state index in [4.69, 9.17) is 16.3 Å². The van der Waals surface area contributed by atoms with Gasteiger partial charge < -0.3 is 9.30 Å². The molecule has 0 bridgehead atoms. The van der Waals surface area contributed by atoms with Crippen LogP contribution in [0.3, 0.4) is 0 Å². The van der Waals surface area contributed by atoms with E-state index in [9.17, 15) is 0 Å². The first kappa shape index (κ1) is 13.4. The van der Waals surface area contributed by atoms with Gasteiger partial charge in [-0.15, -0.1) is 0 Å². The van der Waals surface area contributed by atoms with Crippen molar-refractivity contribution in [2.45, 2.75) is 33.7 Å². The standard InChI is InChI=1S/C12H13ClN2O.C2H6/c1-7-3-11-12(4-10(7)13)15(8(2)14-11)9-5-16-6-9;1-2/h3-4,9H,5-6H2,1-2H3;1-2H3. The van der Waals surface area contributed by atoms with E-state index in [1.807, 2.05) is 39.8 Å². The Morgan fingerprint density at radius 2 is 1.94 bits per heavy atom. The number of rotatable bonds is 1. The molecule has 1 aromatic heterocycles. The van der Waals surface area contributed by atoms with Crippen molar-refractivity contribution < 1.29 is 4.74 Å². The van der Waals surface area contributed by atoms with E-state index in [0.717, 1.165) is 40.7 Å². The number of fused-ring (bicyclic) bond motifs is 1. The highest BCUT2D eigenvalue weighted by Crippen LogP contribution is 2.29. The van der Waals surface area contributed by atoms with Gasteiger partial charge in [-0.2, -0.15) is 0 Å². The van der Waals surface area contributed by atoms with Crippen LogP contribution in [-0.4, -0.2) is 22.8 Å². The number of aryl methyl sites for hydroxylation is 2. The summed E-state index contributed by atoms with van der Waals surface area (Å²) < 4.78 is 7.46. The molecule has 4 heteroatoms. The SMILES string of the molecule is CC.Cc1cc2nc(C)n(C3COC3)c2cc1Cl. The van der Waals surface area contributed by atoms with E-state index < -0.39 is 0 Å². The van der Waals surface area contributed by atoms with E-state index in [-0.39, 0.29) is 0 Å². The van der Waals surface area contributed by atoms with Crippen LogP contribution in [0.25, 0.3) is 11.0 Å². The van der Waals surface area contributed by atoms with Gasteiger partial charge in [0.15, 0.2) is 0 Å². The maximum atomic E-state index is 6.16. The van der Waals surface area contributed by atoms with Crippen molar-refractivity contribution in [3.8, 4) is 0 Å². The molecule has 0 spiro atoms. The van der Waals surface area contributed by atoms with E-state index >= 15 is 0 Å².